The molecule has 0 saturated carbocycles. The lowest BCUT2D eigenvalue weighted by atomic mass is 9.99. The van der Waals surface area contributed by atoms with Crippen molar-refractivity contribution in [1.29, 1.82) is 0 Å². The highest BCUT2D eigenvalue weighted by Gasteiger charge is 2.21. The van der Waals surface area contributed by atoms with E-state index in [1.54, 1.807) is 6.07 Å². The van der Waals surface area contributed by atoms with Gasteiger partial charge in [-0.15, -0.1) is 0 Å². The van der Waals surface area contributed by atoms with Crippen molar-refractivity contribution < 1.29 is 9.84 Å². The summed E-state index contributed by atoms with van der Waals surface area (Å²) in [5.41, 5.74) is 2.92. The molecule has 0 aromatic heterocycles. The number of aliphatic hydroxyl groups is 1. The summed E-state index contributed by atoms with van der Waals surface area (Å²) in [7, 11) is 0. The zero-order chi connectivity index (χ0) is 15.0. The third-order valence-corrected chi connectivity index (χ3v) is 4.84. The molecule has 1 N–H and O–H groups in total. The summed E-state index contributed by atoms with van der Waals surface area (Å²) in [6.45, 7) is 0.702. The summed E-state index contributed by atoms with van der Waals surface area (Å²) in [4.78, 5) is 0. The molecule has 21 heavy (non-hydrogen) atoms. The summed E-state index contributed by atoms with van der Waals surface area (Å²) < 4.78 is 7.61. The molecule has 1 heterocycles. The molecule has 0 saturated heterocycles. The van der Waals surface area contributed by atoms with Crippen molar-refractivity contribution in [2.24, 2.45) is 0 Å². The highest BCUT2D eigenvalue weighted by molar-refractivity contribution is 9.10. The van der Waals surface area contributed by atoms with Crippen molar-refractivity contribution >= 4 is 43.5 Å². The molecule has 0 spiro atoms. The van der Waals surface area contributed by atoms with Crippen LogP contribution in [0.25, 0.3) is 0 Å². The van der Waals surface area contributed by atoms with E-state index in [4.69, 9.17) is 16.3 Å². The fourth-order valence-electron chi connectivity index (χ4n) is 2.59. The van der Waals surface area contributed by atoms with Crippen molar-refractivity contribution in [2.45, 2.75) is 18.9 Å². The normalized spacial score (nSPS) is 14.7. The maximum atomic E-state index is 10.5. The second-order valence-corrected chi connectivity index (χ2v) is 7.28. The molecule has 3 rings (SSSR count). The van der Waals surface area contributed by atoms with Gasteiger partial charge in [0.1, 0.15) is 5.75 Å². The molecule has 2 aromatic rings. The Morgan fingerprint density at radius 2 is 2.00 bits per heavy atom. The zero-order valence-electron chi connectivity index (χ0n) is 11.1. The van der Waals surface area contributed by atoms with Crippen LogP contribution < -0.4 is 4.74 Å². The molecule has 110 valence electrons. The Morgan fingerprint density at radius 3 is 2.76 bits per heavy atom. The molecule has 1 aliphatic rings. The smallest absolute Gasteiger partial charge is 0.125 e. The molecule has 0 aliphatic carbocycles. The summed E-state index contributed by atoms with van der Waals surface area (Å²) in [6.07, 6.45) is 0.730. The molecule has 5 heteroatoms. The molecule has 1 aliphatic heterocycles. The minimum absolute atomic E-state index is 0.475. The molecule has 1 atom stereocenters. The van der Waals surface area contributed by atoms with Gasteiger partial charge >= 0.3 is 0 Å². The standard InChI is InChI=1S/C16H13Br2ClO2/c17-11-1-2-13(14(19)8-11)15(20)7-10-6-12(18)5-9-3-4-21-16(9)10/h1-2,5-6,8,15,20H,3-4,7H2. The summed E-state index contributed by atoms with van der Waals surface area (Å²) in [5, 5.41) is 11.1. The van der Waals surface area contributed by atoms with Crippen LogP contribution in [0.1, 0.15) is 22.8 Å². The summed E-state index contributed by atoms with van der Waals surface area (Å²) in [6, 6.07) is 9.59. The van der Waals surface area contributed by atoms with Crippen LogP contribution in [0, 0.1) is 0 Å². The van der Waals surface area contributed by atoms with E-state index in [0.717, 1.165) is 32.2 Å². The predicted molar refractivity (Wildman–Crippen MR) is 91.2 cm³/mol. The van der Waals surface area contributed by atoms with Crippen molar-refractivity contribution in [3.63, 3.8) is 0 Å². The minimum Gasteiger partial charge on any atom is -0.493 e. The van der Waals surface area contributed by atoms with Crippen LogP contribution in [0.15, 0.2) is 39.3 Å². The van der Waals surface area contributed by atoms with Crippen LogP contribution in [0.4, 0.5) is 0 Å². The van der Waals surface area contributed by atoms with E-state index >= 15 is 0 Å². The third-order valence-electron chi connectivity index (χ3n) is 3.56. The summed E-state index contributed by atoms with van der Waals surface area (Å²) in [5.74, 6) is 0.908. The van der Waals surface area contributed by atoms with Crippen LogP contribution in [-0.4, -0.2) is 11.7 Å². The van der Waals surface area contributed by atoms with E-state index in [-0.39, 0.29) is 0 Å². The van der Waals surface area contributed by atoms with Gasteiger partial charge < -0.3 is 9.84 Å². The van der Waals surface area contributed by atoms with Gasteiger partial charge in [-0.1, -0.05) is 49.5 Å². The summed E-state index contributed by atoms with van der Waals surface area (Å²) >= 11 is 13.1. The first-order chi connectivity index (χ1) is 10.0. The Labute approximate surface area is 145 Å². The Balaban J connectivity index is 1.90. The van der Waals surface area contributed by atoms with Crippen LogP contribution in [0.5, 0.6) is 5.75 Å². The van der Waals surface area contributed by atoms with Gasteiger partial charge in [-0.05, 0) is 41.0 Å². The number of ether oxygens (including phenoxy) is 1. The maximum Gasteiger partial charge on any atom is 0.125 e. The van der Waals surface area contributed by atoms with Crippen LogP contribution in [0.3, 0.4) is 0 Å². The predicted octanol–water partition coefficient (Wildman–Crippen LogP) is 5.08. The van der Waals surface area contributed by atoms with E-state index in [0.29, 0.717) is 18.1 Å². The highest BCUT2D eigenvalue weighted by Crippen LogP contribution is 2.36. The maximum absolute atomic E-state index is 10.5. The topological polar surface area (TPSA) is 29.5 Å². The fourth-order valence-corrected chi connectivity index (χ4v) is 3.94. The molecule has 0 bridgehead atoms. The molecule has 2 aromatic carbocycles. The molecular formula is C16H13Br2ClO2. The first kappa shape index (κ1) is 15.3. The number of halogens is 3. The Hall–Kier alpha value is -0.550. The lowest BCUT2D eigenvalue weighted by Crippen LogP contribution is -2.04. The minimum atomic E-state index is -0.659. The Kier molecular flexibility index (Phi) is 4.60. The van der Waals surface area contributed by atoms with E-state index in [2.05, 4.69) is 37.9 Å². The second-order valence-electron chi connectivity index (χ2n) is 5.04. The first-order valence-electron chi connectivity index (χ1n) is 6.61. The van der Waals surface area contributed by atoms with Gasteiger partial charge in [0.15, 0.2) is 0 Å². The average molecular weight is 433 g/mol. The molecule has 0 amide bonds. The van der Waals surface area contributed by atoms with Gasteiger partial charge in [0, 0.05) is 26.8 Å². The lowest BCUT2D eigenvalue weighted by Gasteiger charge is -2.15. The number of rotatable bonds is 3. The Morgan fingerprint density at radius 1 is 1.19 bits per heavy atom. The monoisotopic (exact) mass is 430 g/mol. The Bertz CT molecular complexity index is 688. The van der Waals surface area contributed by atoms with Crippen LogP contribution in [0.2, 0.25) is 5.02 Å². The SMILES string of the molecule is OC(Cc1cc(Br)cc2c1OCC2)c1ccc(Br)cc1Cl. The van der Waals surface area contributed by atoms with Gasteiger partial charge in [0.2, 0.25) is 0 Å². The van der Waals surface area contributed by atoms with Gasteiger partial charge in [0.05, 0.1) is 12.7 Å². The van der Waals surface area contributed by atoms with Crippen molar-refractivity contribution in [2.75, 3.05) is 6.61 Å². The molecule has 0 radical (unpaired) electrons. The average Bonchev–Trinajstić information content (AvgIpc) is 2.86. The van der Waals surface area contributed by atoms with Gasteiger partial charge in [-0.2, -0.15) is 0 Å². The molecule has 0 fully saturated rings. The second kappa shape index (κ2) is 6.29. The van der Waals surface area contributed by atoms with E-state index < -0.39 is 6.10 Å². The number of hydrogen-bond acceptors (Lipinski definition) is 2. The number of benzene rings is 2. The van der Waals surface area contributed by atoms with Gasteiger partial charge in [-0.3, -0.25) is 0 Å². The zero-order valence-corrected chi connectivity index (χ0v) is 15.0. The largest absolute Gasteiger partial charge is 0.493 e. The van der Waals surface area contributed by atoms with E-state index in [1.807, 2.05) is 18.2 Å². The molecule has 1 unspecified atom stereocenters. The van der Waals surface area contributed by atoms with E-state index in [9.17, 15) is 5.11 Å². The van der Waals surface area contributed by atoms with Gasteiger partial charge in [-0.25, -0.2) is 0 Å². The molecule has 2 nitrogen and oxygen atoms in total. The van der Waals surface area contributed by atoms with Crippen LogP contribution in [-0.2, 0) is 12.8 Å². The van der Waals surface area contributed by atoms with Gasteiger partial charge in [0.25, 0.3) is 0 Å². The lowest BCUT2D eigenvalue weighted by molar-refractivity contribution is 0.177. The third kappa shape index (κ3) is 3.29. The number of fused-ring (bicyclic) bond motifs is 1. The highest BCUT2D eigenvalue weighted by atomic mass is 79.9. The van der Waals surface area contributed by atoms with E-state index in [1.165, 1.54) is 5.56 Å². The quantitative estimate of drug-likeness (QED) is 0.733. The van der Waals surface area contributed by atoms with Crippen molar-refractivity contribution in [1.82, 2.24) is 0 Å². The van der Waals surface area contributed by atoms with Crippen molar-refractivity contribution in [3.05, 3.63) is 61.0 Å². The fraction of sp³-hybridized carbons (Fsp3) is 0.250. The number of hydrogen-bond donors (Lipinski definition) is 1. The number of aliphatic hydroxyl groups excluding tert-OH is 1. The van der Waals surface area contributed by atoms with Crippen molar-refractivity contribution in [3.8, 4) is 5.75 Å². The first-order valence-corrected chi connectivity index (χ1v) is 8.58. The molecular weight excluding hydrogens is 419 g/mol. The van der Waals surface area contributed by atoms with Crippen LogP contribution >= 0.6 is 43.5 Å².